The highest BCUT2D eigenvalue weighted by Gasteiger charge is 2.24. The molecule has 5 nitrogen and oxygen atoms in total. The number of ether oxygens (including phenoxy) is 1. The molecule has 0 unspecified atom stereocenters. The van der Waals surface area contributed by atoms with Gasteiger partial charge in [-0.05, 0) is 37.3 Å². The summed E-state index contributed by atoms with van der Waals surface area (Å²) in [7, 11) is 0. The van der Waals surface area contributed by atoms with Crippen LogP contribution >= 0.6 is 0 Å². The SMILES string of the molecule is O=C(NCCC1CCCC1)N1CCC[C@@H](OCc2ccccn2)C1. The minimum Gasteiger partial charge on any atom is -0.370 e. The van der Waals surface area contributed by atoms with Crippen LogP contribution in [0.5, 0.6) is 0 Å². The van der Waals surface area contributed by atoms with Gasteiger partial charge in [0.1, 0.15) is 0 Å². The van der Waals surface area contributed by atoms with Crippen LogP contribution in [-0.2, 0) is 11.3 Å². The molecule has 1 aliphatic carbocycles. The van der Waals surface area contributed by atoms with Crippen molar-refractivity contribution in [1.29, 1.82) is 0 Å². The van der Waals surface area contributed by atoms with Crippen LogP contribution in [-0.4, -0.2) is 41.7 Å². The van der Waals surface area contributed by atoms with Crippen molar-refractivity contribution < 1.29 is 9.53 Å². The first-order chi connectivity index (χ1) is 11.8. The first-order valence-corrected chi connectivity index (χ1v) is 9.35. The molecule has 1 N–H and O–H groups in total. The largest absolute Gasteiger partial charge is 0.370 e. The number of nitrogens with one attached hydrogen (secondary N) is 1. The van der Waals surface area contributed by atoms with Crippen LogP contribution in [0.2, 0.25) is 0 Å². The molecule has 1 aromatic rings. The topological polar surface area (TPSA) is 54.5 Å². The molecule has 24 heavy (non-hydrogen) atoms. The molecule has 0 radical (unpaired) electrons. The van der Waals surface area contributed by atoms with Gasteiger partial charge < -0.3 is 15.0 Å². The van der Waals surface area contributed by atoms with E-state index < -0.39 is 0 Å². The van der Waals surface area contributed by atoms with Gasteiger partial charge in [-0.25, -0.2) is 4.79 Å². The lowest BCUT2D eigenvalue weighted by Crippen LogP contribution is -2.48. The molecule has 1 atom stereocenters. The van der Waals surface area contributed by atoms with Gasteiger partial charge in [0, 0.05) is 25.8 Å². The number of aromatic nitrogens is 1. The molecule has 3 rings (SSSR count). The normalized spacial score (nSPS) is 21.8. The standard InChI is InChI=1S/C19H29N3O2/c23-19(21-12-10-16-6-1-2-7-16)22-13-5-9-18(14-22)24-15-17-8-3-4-11-20-17/h3-4,8,11,16,18H,1-2,5-7,9-10,12-15H2,(H,21,23)/t18-/m1/s1. The van der Waals surface area contributed by atoms with E-state index in [4.69, 9.17) is 4.74 Å². The Morgan fingerprint density at radius 2 is 2.12 bits per heavy atom. The Kier molecular flexibility index (Phi) is 6.47. The number of rotatable bonds is 6. The molecule has 1 saturated heterocycles. The summed E-state index contributed by atoms with van der Waals surface area (Å²) in [5.41, 5.74) is 0.940. The monoisotopic (exact) mass is 331 g/mol. The van der Waals surface area contributed by atoms with Gasteiger partial charge in [0.05, 0.1) is 18.4 Å². The van der Waals surface area contributed by atoms with E-state index in [1.807, 2.05) is 23.1 Å². The molecule has 1 aromatic heterocycles. The maximum absolute atomic E-state index is 12.3. The Morgan fingerprint density at radius 3 is 2.92 bits per heavy atom. The molecule has 2 heterocycles. The molecule has 5 heteroatoms. The number of piperidine rings is 1. The van der Waals surface area contributed by atoms with E-state index in [0.717, 1.165) is 44.0 Å². The average molecular weight is 331 g/mol. The summed E-state index contributed by atoms with van der Waals surface area (Å²) in [4.78, 5) is 18.5. The molecule has 2 amide bonds. The Bertz CT molecular complexity index is 503. The second-order valence-electron chi connectivity index (χ2n) is 7.01. The van der Waals surface area contributed by atoms with Crippen LogP contribution in [0.1, 0.15) is 50.6 Å². The Labute approximate surface area is 144 Å². The molecule has 2 aliphatic rings. The fraction of sp³-hybridized carbons (Fsp3) is 0.684. The summed E-state index contributed by atoms with van der Waals surface area (Å²) in [6.07, 6.45) is 10.4. The number of carbonyl (C=O) groups is 1. The van der Waals surface area contributed by atoms with Gasteiger partial charge in [0.25, 0.3) is 0 Å². The van der Waals surface area contributed by atoms with E-state index in [9.17, 15) is 4.79 Å². The predicted octanol–water partition coefficient (Wildman–Crippen LogP) is 3.35. The van der Waals surface area contributed by atoms with Crippen molar-refractivity contribution in [1.82, 2.24) is 15.2 Å². The second kappa shape index (κ2) is 9.02. The maximum Gasteiger partial charge on any atom is 0.317 e. The molecule has 132 valence electrons. The molecule has 2 fully saturated rings. The van der Waals surface area contributed by atoms with Gasteiger partial charge in [-0.15, -0.1) is 0 Å². The smallest absolute Gasteiger partial charge is 0.317 e. The van der Waals surface area contributed by atoms with Gasteiger partial charge in [0.15, 0.2) is 0 Å². The van der Waals surface area contributed by atoms with Crippen molar-refractivity contribution >= 4 is 6.03 Å². The quantitative estimate of drug-likeness (QED) is 0.870. The molecule has 0 aromatic carbocycles. The lowest BCUT2D eigenvalue weighted by atomic mass is 10.0. The van der Waals surface area contributed by atoms with E-state index in [0.29, 0.717) is 13.2 Å². The fourth-order valence-corrected chi connectivity index (χ4v) is 3.74. The average Bonchev–Trinajstić information content (AvgIpc) is 3.14. The summed E-state index contributed by atoms with van der Waals surface area (Å²) in [6, 6.07) is 5.91. The first kappa shape index (κ1) is 17.2. The molecule has 0 bridgehead atoms. The lowest BCUT2D eigenvalue weighted by Gasteiger charge is -2.32. The molecule has 1 saturated carbocycles. The van der Waals surface area contributed by atoms with Crippen LogP contribution < -0.4 is 5.32 Å². The predicted molar refractivity (Wildman–Crippen MR) is 93.6 cm³/mol. The third-order valence-electron chi connectivity index (χ3n) is 5.16. The molecule has 1 aliphatic heterocycles. The summed E-state index contributed by atoms with van der Waals surface area (Å²) in [6.45, 7) is 2.84. The second-order valence-corrected chi connectivity index (χ2v) is 7.01. The zero-order chi connectivity index (χ0) is 16.6. The Morgan fingerprint density at radius 1 is 1.25 bits per heavy atom. The minimum absolute atomic E-state index is 0.0686. The van der Waals surface area contributed by atoms with Crippen LogP contribution in [0, 0.1) is 5.92 Å². The van der Waals surface area contributed by atoms with Crippen molar-refractivity contribution in [3.05, 3.63) is 30.1 Å². The highest BCUT2D eigenvalue weighted by Crippen LogP contribution is 2.26. The summed E-state index contributed by atoms with van der Waals surface area (Å²) >= 11 is 0. The summed E-state index contributed by atoms with van der Waals surface area (Å²) in [5, 5.41) is 3.09. The summed E-state index contributed by atoms with van der Waals surface area (Å²) < 4.78 is 5.95. The lowest BCUT2D eigenvalue weighted by molar-refractivity contribution is -0.00165. The van der Waals surface area contributed by atoms with E-state index >= 15 is 0 Å². The van der Waals surface area contributed by atoms with Crippen molar-refractivity contribution in [3.8, 4) is 0 Å². The molecule has 0 spiro atoms. The number of hydrogen-bond donors (Lipinski definition) is 1. The number of hydrogen-bond acceptors (Lipinski definition) is 3. The van der Waals surface area contributed by atoms with Gasteiger partial charge in [-0.2, -0.15) is 0 Å². The van der Waals surface area contributed by atoms with E-state index in [1.54, 1.807) is 6.20 Å². The highest BCUT2D eigenvalue weighted by atomic mass is 16.5. The fourth-order valence-electron chi connectivity index (χ4n) is 3.74. The van der Waals surface area contributed by atoms with Gasteiger partial charge in [-0.3, -0.25) is 4.98 Å². The van der Waals surface area contributed by atoms with Crippen molar-refractivity contribution in [2.45, 2.75) is 57.7 Å². The highest BCUT2D eigenvalue weighted by molar-refractivity contribution is 5.74. The van der Waals surface area contributed by atoms with Crippen molar-refractivity contribution in [2.24, 2.45) is 5.92 Å². The van der Waals surface area contributed by atoms with Crippen LogP contribution in [0.15, 0.2) is 24.4 Å². The van der Waals surface area contributed by atoms with Crippen molar-refractivity contribution in [2.75, 3.05) is 19.6 Å². The Balaban J connectivity index is 1.37. The third kappa shape index (κ3) is 5.20. The number of likely N-dealkylation sites (tertiary alicyclic amines) is 1. The molecular weight excluding hydrogens is 302 g/mol. The van der Waals surface area contributed by atoms with E-state index in [2.05, 4.69) is 10.3 Å². The zero-order valence-corrected chi connectivity index (χ0v) is 14.5. The van der Waals surface area contributed by atoms with Crippen molar-refractivity contribution in [3.63, 3.8) is 0 Å². The van der Waals surface area contributed by atoms with Gasteiger partial charge in [-0.1, -0.05) is 31.7 Å². The first-order valence-electron chi connectivity index (χ1n) is 9.35. The number of carbonyl (C=O) groups excluding carboxylic acids is 1. The maximum atomic E-state index is 12.3. The number of nitrogens with zero attached hydrogens (tertiary/aromatic N) is 2. The third-order valence-corrected chi connectivity index (χ3v) is 5.16. The van der Waals surface area contributed by atoms with Gasteiger partial charge >= 0.3 is 6.03 Å². The van der Waals surface area contributed by atoms with Gasteiger partial charge in [0.2, 0.25) is 0 Å². The van der Waals surface area contributed by atoms with E-state index in [1.165, 1.54) is 25.7 Å². The number of pyridine rings is 1. The van der Waals surface area contributed by atoms with Crippen LogP contribution in [0.25, 0.3) is 0 Å². The molecular formula is C19H29N3O2. The summed E-state index contributed by atoms with van der Waals surface area (Å²) in [5.74, 6) is 0.820. The minimum atomic E-state index is 0.0686. The Hall–Kier alpha value is -1.62. The number of urea groups is 1. The van der Waals surface area contributed by atoms with Crippen LogP contribution in [0.3, 0.4) is 0 Å². The number of amides is 2. The van der Waals surface area contributed by atoms with Crippen LogP contribution in [0.4, 0.5) is 4.79 Å². The van der Waals surface area contributed by atoms with E-state index in [-0.39, 0.29) is 12.1 Å². The zero-order valence-electron chi connectivity index (χ0n) is 14.5.